The summed E-state index contributed by atoms with van der Waals surface area (Å²) in [5, 5.41) is 2.15. The maximum absolute atomic E-state index is 11.8. The van der Waals surface area contributed by atoms with E-state index in [0.29, 0.717) is 10.8 Å². The first-order valence-corrected chi connectivity index (χ1v) is 7.19. The van der Waals surface area contributed by atoms with E-state index < -0.39 is 10.0 Å². The van der Waals surface area contributed by atoms with Gasteiger partial charge in [-0.2, -0.15) is 0 Å². The van der Waals surface area contributed by atoms with Gasteiger partial charge in [-0.05, 0) is 12.1 Å². The second-order valence-electron chi connectivity index (χ2n) is 3.31. The highest BCUT2D eigenvalue weighted by molar-refractivity contribution is 7.89. The SMILES string of the molecule is Nc1nc(CNS(=O)(=O)c2ccccc2)cs1. The summed E-state index contributed by atoms with van der Waals surface area (Å²) in [6, 6.07) is 8.19. The van der Waals surface area contributed by atoms with E-state index in [9.17, 15) is 8.42 Å². The van der Waals surface area contributed by atoms with Crippen molar-refractivity contribution in [3.05, 3.63) is 41.4 Å². The molecular formula is C10H11N3O2S2. The molecule has 0 aliphatic carbocycles. The van der Waals surface area contributed by atoms with E-state index in [0.717, 1.165) is 0 Å². The third kappa shape index (κ3) is 3.02. The van der Waals surface area contributed by atoms with Gasteiger partial charge in [-0.3, -0.25) is 0 Å². The summed E-state index contributed by atoms with van der Waals surface area (Å²) in [5.41, 5.74) is 6.08. The van der Waals surface area contributed by atoms with Crippen molar-refractivity contribution in [2.75, 3.05) is 5.73 Å². The molecule has 0 aliphatic heterocycles. The van der Waals surface area contributed by atoms with Gasteiger partial charge < -0.3 is 5.73 Å². The molecule has 7 heteroatoms. The molecule has 2 rings (SSSR count). The zero-order valence-electron chi connectivity index (χ0n) is 8.83. The summed E-state index contributed by atoms with van der Waals surface area (Å²) in [6.07, 6.45) is 0. The zero-order chi connectivity index (χ0) is 12.3. The average Bonchev–Trinajstić information content (AvgIpc) is 2.74. The van der Waals surface area contributed by atoms with Crippen LogP contribution in [-0.2, 0) is 16.6 Å². The molecule has 0 atom stereocenters. The molecule has 5 nitrogen and oxygen atoms in total. The van der Waals surface area contributed by atoms with Gasteiger partial charge in [0.25, 0.3) is 0 Å². The number of nitrogens with one attached hydrogen (secondary N) is 1. The van der Waals surface area contributed by atoms with Gasteiger partial charge in [0, 0.05) is 5.38 Å². The van der Waals surface area contributed by atoms with Gasteiger partial charge in [0.1, 0.15) is 0 Å². The lowest BCUT2D eigenvalue weighted by Crippen LogP contribution is -2.23. The Hall–Kier alpha value is -1.44. The van der Waals surface area contributed by atoms with E-state index in [4.69, 9.17) is 5.73 Å². The lowest BCUT2D eigenvalue weighted by atomic mass is 10.4. The van der Waals surface area contributed by atoms with Gasteiger partial charge in [0.05, 0.1) is 17.1 Å². The van der Waals surface area contributed by atoms with Crippen LogP contribution in [0.1, 0.15) is 5.69 Å². The highest BCUT2D eigenvalue weighted by Gasteiger charge is 2.13. The molecule has 90 valence electrons. The highest BCUT2D eigenvalue weighted by atomic mass is 32.2. The summed E-state index contributed by atoms with van der Waals surface area (Å²) >= 11 is 1.28. The normalized spacial score (nSPS) is 11.5. The third-order valence-corrected chi connectivity index (χ3v) is 4.21. The van der Waals surface area contributed by atoms with Crippen molar-refractivity contribution in [1.82, 2.24) is 9.71 Å². The van der Waals surface area contributed by atoms with E-state index in [-0.39, 0.29) is 11.4 Å². The van der Waals surface area contributed by atoms with Crippen LogP contribution in [0, 0.1) is 0 Å². The van der Waals surface area contributed by atoms with Crippen molar-refractivity contribution in [3.63, 3.8) is 0 Å². The van der Waals surface area contributed by atoms with Crippen LogP contribution < -0.4 is 10.5 Å². The maximum Gasteiger partial charge on any atom is 0.240 e. The quantitative estimate of drug-likeness (QED) is 0.873. The van der Waals surface area contributed by atoms with Gasteiger partial charge in [0.2, 0.25) is 10.0 Å². The van der Waals surface area contributed by atoms with Crippen LogP contribution in [0.25, 0.3) is 0 Å². The Bertz CT molecular complexity index is 593. The minimum atomic E-state index is -3.48. The molecule has 0 bridgehead atoms. The maximum atomic E-state index is 11.8. The molecule has 0 saturated heterocycles. The average molecular weight is 269 g/mol. The van der Waals surface area contributed by atoms with Crippen molar-refractivity contribution in [3.8, 4) is 0 Å². The fraction of sp³-hybridized carbons (Fsp3) is 0.100. The molecule has 1 heterocycles. The first kappa shape index (κ1) is 12.0. The fourth-order valence-electron chi connectivity index (χ4n) is 1.26. The van der Waals surface area contributed by atoms with Gasteiger partial charge in [0.15, 0.2) is 5.13 Å². The Labute approximate surface area is 103 Å². The number of hydrogen-bond acceptors (Lipinski definition) is 5. The van der Waals surface area contributed by atoms with Crippen LogP contribution in [0.4, 0.5) is 5.13 Å². The molecule has 0 fully saturated rings. The summed E-state index contributed by atoms with van der Waals surface area (Å²) in [7, 11) is -3.48. The van der Waals surface area contributed by atoms with E-state index in [1.165, 1.54) is 23.5 Å². The highest BCUT2D eigenvalue weighted by Crippen LogP contribution is 2.12. The first-order valence-electron chi connectivity index (χ1n) is 4.82. The van der Waals surface area contributed by atoms with Crippen LogP contribution in [0.5, 0.6) is 0 Å². The second kappa shape index (κ2) is 4.82. The van der Waals surface area contributed by atoms with E-state index in [1.54, 1.807) is 23.6 Å². The second-order valence-corrected chi connectivity index (χ2v) is 5.97. The molecule has 1 aromatic heterocycles. The molecule has 0 unspecified atom stereocenters. The molecule has 0 saturated carbocycles. The van der Waals surface area contributed by atoms with Gasteiger partial charge in [-0.25, -0.2) is 18.1 Å². The monoisotopic (exact) mass is 269 g/mol. The number of sulfonamides is 1. The van der Waals surface area contributed by atoms with E-state index in [2.05, 4.69) is 9.71 Å². The summed E-state index contributed by atoms with van der Waals surface area (Å²) in [4.78, 5) is 4.22. The molecule has 1 aromatic carbocycles. The van der Waals surface area contributed by atoms with Crippen LogP contribution in [-0.4, -0.2) is 13.4 Å². The Morgan fingerprint density at radius 1 is 1.29 bits per heavy atom. The van der Waals surface area contributed by atoms with Crippen molar-refractivity contribution in [2.24, 2.45) is 0 Å². The molecule has 3 N–H and O–H groups in total. The number of hydrogen-bond donors (Lipinski definition) is 2. The Kier molecular flexibility index (Phi) is 3.41. The zero-order valence-corrected chi connectivity index (χ0v) is 10.5. The summed E-state index contributed by atoms with van der Waals surface area (Å²) in [6.45, 7) is 0.144. The lowest BCUT2D eigenvalue weighted by Gasteiger charge is -2.04. The van der Waals surface area contributed by atoms with Gasteiger partial charge >= 0.3 is 0 Å². The van der Waals surface area contributed by atoms with Gasteiger partial charge in [-0.1, -0.05) is 18.2 Å². The minimum absolute atomic E-state index is 0.144. The molecule has 0 spiro atoms. The third-order valence-electron chi connectivity index (χ3n) is 2.07. The van der Waals surface area contributed by atoms with Gasteiger partial charge in [-0.15, -0.1) is 11.3 Å². The first-order chi connectivity index (χ1) is 8.08. The van der Waals surface area contributed by atoms with Crippen molar-refractivity contribution in [1.29, 1.82) is 0 Å². The minimum Gasteiger partial charge on any atom is -0.375 e. The van der Waals surface area contributed by atoms with Crippen molar-refractivity contribution in [2.45, 2.75) is 11.4 Å². The number of rotatable bonds is 4. The fourth-order valence-corrected chi connectivity index (χ4v) is 2.84. The Morgan fingerprint density at radius 3 is 2.59 bits per heavy atom. The molecule has 17 heavy (non-hydrogen) atoms. The van der Waals surface area contributed by atoms with Crippen LogP contribution in [0.3, 0.4) is 0 Å². The predicted molar refractivity (Wildman–Crippen MR) is 67.0 cm³/mol. The summed E-state index contributed by atoms with van der Waals surface area (Å²) < 4.78 is 26.2. The standard InChI is InChI=1S/C10H11N3O2S2/c11-10-13-8(7-16-10)6-12-17(14,15)9-4-2-1-3-5-9/h1-5,7,12H,6H2,(H2,11,13). The van der Waals surface area contributed by atoms with Crippen LogP contribution in [0.15, 0.2) is 40.6 Å². The number of anilines is 1. The number of nitrogens with zero attached hydrogens (tertiary/aromatic N) is 1. The molecule has 2 aromatic rings. The van der Waals surface area contributed by atoms with Crippen LogP contribution in [0.2, 0.25) is 0 Å². The largest absolute Gasteiger partial charge is 0.375 e. The Morgan fingerprint density at radius 2 is 2.00 bits per heavy atom. The number of nitrogens with two attached hydrogens (primary N) is 1. The molecule has 0 radical (unpaired) electrons. The number of thiazole rings is 1. The lowest BCUT2D eigenvalue weighted by molar-refractivity contribution is 0.580. The van der Waals surface area contributed by atoms with E-state index in [1.807, 2.05) is 0 Å². The molecule has 0 aliphatic rings. The van der Waals surface area contributed by atoms with Crippen molar-refractivity contribution < 1.29 is 8.42 Å². The number of nitrogen functional groups attached to an aromatic ring is 1. The molecule has 0 amide bonds. The predicted octanol–water partition coefficient (Wildman–Crippen LogP) is 1.20. The topological polar surface area (TPSA) is 85.1 Å². The smallest absolute Gasteiger partial charge is 0.240 e. The van der Waals surface area contributed by atoms with Crippen LogP contribution >= 0.6 is 11.3 Å². The summed E-state index contributed by atoms with van der Waals surface area (Å²) in [5.74, 6) is 0. The number of aromatic nitrogens is 1. The van der Waals surface area contributed by atoms with Crippen molar-refractivity contribution >= 4 is 26.5 Å². The molecular weight excluding hydrogens is 258 g/mol. The number of benzene rings is 1. The van der Waals surface area contributed by atoms with E-state index >= 15 is 0 Å². The Balaban J connectivity index is 2.09.